The van der Waals surface area contributed by atoms with Crippen molar-refractivity contribution in [3.05, 3.63) is 47.1 Å². The standard InChI is InChI=1S/C19H28N6O/c1-15-13-21-6-4-17(15)5-7-22-19(20-3)25-10-8-24(9-11-25)14-18-12-16(2)26-23-18/h4,6,12-13H,5,7-11,14H2,1-3H3,(H,20,22). The lowest BCUT2D eigenvalue weighted by molar-refractivity contribution is 0.169. The van der Waals surface area contributed by atoms with E-state index >= 15 is 0 Å². The fraction of sp³-hybridized carbons (Fsp3) is 0.526. The van der Waals surface area contributed by atoms with Gasteiger partial charge in [-0.3, -0.25) is 14.9 Å². The maximum atomic E-state index is 5.15. The molecule has 2 aromatic rings. The van der Waals surface area contributed by atoms with Gasteiger partial charge in [-0.1, -0.05) is 5.16 Å². The Morgan fingerprint density at radius 2 is 2.08 bits per heavy atom. The molecule has 0 atom stereocenters. The Bertz CT molecular complexity index is 733. The third-order valence-electron chi connectivity index (χ3n) is 4.76. The number of hydrogen-bond acceptors (Lipinski definition) is 5. The molecule has 7 heteroatoms. The molecule has 1 fully saturated rings. The summed E-state index contributed by atoms with van der Waals surface area (Å²) in [5.74, 6) is 1.85. The Hall–Kier alpha value is -2.41. The minimum atomic E-state index is 0.846. The molecule has 0 amide bonds. The fourth-order valence-corrected chi connectivity index (χ4v) is 3.26. The van der Waals surface area contributed by atoms with Crippen LogP contribution in [0, 0.1) is 13.8 Å². The van der Waals surface area contributed by atoms with Crippen molar-refractivity contribution in [2.24, 2.45) is 4.99 Å². The van der Waals surface area contributed by atoms with Gasteiger partial charge in [0.05, 0.1) is 5.69 Å². The van der Waals surface area contributed by atoms with Gasteiger partial charge in [-0.15, -0.1) is 0 Å². The van der Waals surface area contributed by atoms with Crippen LogP contribution in [0.5, 0.6) is 0 Å². The zero-order valence-corrected chi connectivity index (χ0v) is 15.9. The molecule has 3 heterocycles. The predicted molar refractivity (Wildman–Crippen MR) is 102 cm³/mol. The molecule has 0 spiro atoms. The average Bonchev–Trinajstić information content (AvgIpc) is 3.06. The van der Waals surface area contributed by atoms with E-state index in [1.807, 2.05) is 32.4 Å². The minimum Gasteiger partial charge on any atom is -0.361 e. The number of nitrogens with one attached hydrogen (secondary N) is 1. The second-order valence-corrected chi connectivity index (χ2v) is 6.72. The van der Waals surface area contributed by atoms with Gasteiger partial charge in [0.25, 0.3) is 0 Å². The molecule has 26 heavy (non-hydrogen) atoms. The summed E-state index contributed by atoms with van der Waals surface area (Å²) < 4.78 is 5.15. The van der Waals surface area contributed by atoms with Crippen molar-refractivity contribution in [3.8, 4) is 0 Å². The fourth-order valence-electron chi connectivity index (χ4n) is 3.26. The van der Waals surface area contributed by atoms with Crippen LogP contribution in [0.25, 0.3) is 0 Å². The Kier molecular flexibility index (Phi) is 6.22. The number of nitrogens with zero attached hydrogens (tertiary/aromatic N) is 5. The van der Waals surface area contributed by atoms with E-state index in [4.69, 9.17) is 4.52 Å². The van der Waals surface area contributed by atoms with Crippen molar-refractivity contribution >= 4 is 5.96 Å². The molecule has 3 rings (SSSR count). The zero-order chi connectivity index (χ0) is 18.4. The van der Waals surface area contributed by atoms with E-state index in [1.54, 1.807) is 0 Å². The molecule has 140 valence electrons. The number of rotatable bonds is 5. The number of piperazine rings is 1. The van der Waals surface area contributed by atoms with Crippen molar-refractivity contribution in [1.82, 2.24) is 25.3 Å². The minimum absolute atomic E-state index is 0.846. The summed E-state index contributed by atoms with van der Waals surface area (Å²) in [5.41, 5.74) is 3.57. The van der Waals surface area contributed by atoms with Crippen LogP contribution >= 0.6 is 0 Å². The SMILES string of the molecule is CN=C(NCCc1ccncc1C)N1CCN(Cc2cc(C)on2)CC1. The molecule has 0 saturated carbocycles. The van der Waals surface area contributed by atoms with Gasteiger partial charge in [0.1, 0.15) is 5.76 Å². The van der Waals surface area contributed by atoms with Crippen LogP contribution in [0.2, 0.25) is 0 Å². The van der Waals surface area contributed by atoms with Crippen molar-refractivity contribution in [3.63, 3.8) is 0 Å². The van der Waals surface area contributed by atoms with Crippen molar-refractivity contribution in [1.29, 1.82) is 0 Å². The van der Waals surface area contributed by atoms with Gasteiger partial charge in [0.15, 0.2) is 5.96 Å². The molecule has 0 bridgehead atoms. The first-order chi connectivity index (χ1) is 12.7. The van der Waals surface area contributed by atoms with Crippen molar-refractivity contribution in [2.45, 2.75) is 26.8 Å². The molecule has 1 saturated heterocycles. The molecule has 7 nitrogen and oxygen atoms in total. The van der Waals surface area contributed by atoms with E-state index in [1.165, 1.54) is 11.1 Å². The summed E-state index contributed by atoms with van der Waals surface area (Å²) >= 11 is 0. The summed E-state index contributed by atoms with van der Waals surface area (Å²) in [4.78, 5) is 13.3. The van der Waals surface area contributed by atoms with Crippen LogP contribution < -0.4 is 5.32 Å². The lowest BCUT2D eigenvalue weighted by Crippen LogP contribution is -2.52. The third-order valence-corrected chi connectivity index (χ3v) is 4.76. The molecule has 0 radical (unpaired) electrons. The highest BCUT2D eigenvalue weighted by atomic mass is 16.5. The predicted octanol–water partition coefficient (Wildman–Crippen LogP) is 1.62. The first-order valence-electron chi connectivity index (χ1n) is 9.15. The number of guanidine groups is 1. The lowest BCUT2D eigenvalue weighted by atomic mass is 10.1. The zero-order valence-electron chi connectivity index (χ0n) is 15.9. The van der Waals surface area contributed by atoms with E-state index in [9.17, 15) is 0 Å². The van der Waals surface area contributed by atoms with Crippen LogP contribution in [0.15, 0.2) is 34.0 Å². The van der Waals surface area contributed by atoms with Crippen molar-refractivity contribution in [2.75, 3.05) is 39.8 Å². The van der Waals surface area contributed by atoms with E-state index in [0.717, 1.165) is 63.1 Å². The summed E-state index contributed by atoms with van der Waals surface area (Å²) in [6, 6.07) is 4.10. The second-order valence-electron chi connectivity index (χ2n) is 6.72. The maximum absolute atomic E-state index is 5.15. The highest BCUT2D eigenvalue weighted by molar-refractivity contribution is 5.80. The summed E-state index contributed by atoms with van der Waals surface area (Å²) in [7, 11) is 1.85. The Labute approximate surface area is 155 Å². The van der Waals surface area contributed by atoms with E-state index < -0.39 is 0 Å². The molecule has 0 aliphatic carbocycles. The van der Waals surface area contributed by atoms with E-state index in [-0.39, 0.29) is 0 Å². The number of aryl methyl sites for hydroxylation is 2. The molecule has 1 N–H and O–H groups in total. The van der Waals surface area contributed by atoms with Gasteiger partial charge in [0.2, 0.25) is 0 Å². The molecule has 2 aromatic heterocycles. The van der Waals surface area contributed by atoms with Crippen LogP contribution in [0.3, 0.4) is 0 Å². The molecule has 1 aliphatic heterocycles. The topological polar surface area (TPSA) is 69.8 Å². The number of pyridine rings is 1. The molecule has 0 unspecified atom stereocenters. The highest BCUT2D eigenvalue weighted by Gasteiger charge is 2.20. The van der Waals surface area contributed by atoms with Gasteiger partial charge < -0.3 is 14.7 Å². The van der Waals surface area contributed by atoms with Crippen LogP contribution in [0.1, 0.15) is 22.6 Å². The Balaban J connectivity index is 1.44. The summed E-state index contributed by atoms with van der Waals surface area (Å²) in [6.07, 6.45) is 4.74. The summed E-state index contributed by atoms with van der Waals surface area (Å²) in [5, 5.41) is 7.58. The van der Waals surface area contributed by atoms with Gasteiger partial charge in [-0.25, -0.2) is 0 Å². The first-order valence-corrected chi connectivity index (χ1v) is 9.15. The number of hydrogen-bond donors (Lipinski definition) is 1. The normalized spacial score (nSPS) is 16.1. The van der Waals surface area contributed by atoms with Gasteiger partial charge >= 0.3 is 0 Å². The van der Waals surface area contributed by atoms with E-state index in [0.29, 0.717) is 0 Å². The average molecular weight is 356 g/mol. The Morgan fingerprint density at radius 3 is 2.73 bits per heavy atom. The Morgan fingerprint density at radius 1 is 1.27 bits per heavy atom. The quantitative estimate of drug-likeness (QED) is 0.649. The molecular weight excluding hydrogens is 328 g/mol. The number of aromatic nitrogens is 2. The molecular formula is C19H28N6O. The highest BCUT2D eigenvalue weighted by Crippen LogP contribution is 2.09. The monoisotopic (exact) mass is 356 g/mol. The third kappa shape index (κ3) is 4.82. The second kappa shape index (κ2) is 8.80. The van der Waals surface area contributed by atoms with Crippen molar-refractivity contribution < 1.29 is 4.52 Å². The smallest absolute Gasteiger partial charge is 0.193 e. The van der Waals surface area contributed by atoms with E-state index in [2.05, 4.69) is 43.2 Å². The summed E-state index contributed by atoms with van der Waals surface area (Å²) in [6.45, 7) is 9.67. The largest absolute Gasteiger partial charge is 0.361 e. The lowest BCUT2D eigenvalue weighted by Gasteiger charge is -2.36. The van der Waals surface area contributed by atoms with Crippen LogP contribution in [0.4, 0.5) is 0 Å². The van der Waals surface area contributed by atoms with Gasteiger partial charge in [-0.2, -0.15) is 0 Å². The first kappa shape index (κ1) is 18.4. The molecule has 0 aromatic carbocycles. The van der Waals surface area contributed by atoms with Gasteiger partial charge in [-0.05, 0) is 37.5 Å². The number of aliphatic imine (C=N–C) groups is 1. The van der Waals surface area contributed by atoms with Gasteiger partial charge in [0, 0.05) is 64.8 Å². The van der Waals surface area contributed by atoms with Crippen LogP contribution in [-0.2, 0) is 13.0 Å². The maximum Gasteiger partial charge on any atom is 0.193 e. The molecule has 1 aliphatic rings. The van der Waals surface area contributed by atoms with Crippen LogP contribution in [-0.4, -0.2) is 65.7 Å².